The maximum absolute atomic E-state index is 14.3. The Bertz CT molecular complexity index is 1380. The lowest BCUT2D eigenvalue weighted by molar-refractivity contribution is -0.152. The highest BCUT2D eigenvalue weighted by Gasteiger charge is 2.47. The van der Waals surface area contributed by atoms with E-state index in [1.165, 1.54) is 0 Å². The van der Waals surface area contributed by atoms with Crippen molar-refractivity contribution in [1.82, 2.24) is 20.0 Å². The molecule has 42 heavy (non-hydrogen) atoms. The lowest BCUT2D eigenvalue weighted by atomic mass is 9.94. The first-order valence-corrected chi connectivity index (χ1v) is 14.6. The highest BCUT2D eigenvalue weighted by Crippen LogP contribution is 2.38. The quantitative estimate of drug-likeness (QED) is 0.366. The number of nitrogens with one attached hydrogen (secondary N) is 1. The number of amides is 4. The normalized spacial score (nSPS) is 19.9. The number of likely N-dealkylation sites (tertiary alicyclic amines) is 1. The van der Waals surface area contributed by atoms with Crippen LogP contribution in [0.4, 0.5) is 4.79 Å². The van der Waals surface area contributed by atoms with Crippen molar-refractivity contribution in [3.05, 3.63) is 95.2 Å². The molecule has 3 aliphatic rings. The van der Waals surface area contributed by atoms with Gasteiger partial charge in [-0.15, -0.1) is 6.58 Å². The van der Waals surface area contributed by atoms with Gasteiger partial charge in [-0.25, -0.2) is 4.79 Å². The molecular weight excluding hydrogens is 532 g/mol. The number of esters is 1. The van der Waals surface area contributed by atoms with E-state index >= 15 is 0 Å². The van der Waals surface area contributed by atoms with Gasteiger partial charge in [0.1, 0.15) is 6.04 Å². The van der Waals surface area contributed by atoms with Crippen molar-refractivity contribution in [3.63, 3.8) is 0 Å². The zero-order valence-corrected chi connectivity index (χ0v) is 24.3. The van der Waals surface area contributed by atoms with E-state index in [9.17, 15) is 19.2 Å². The predicted molar refractivity (Wildman–Crippen MR) is 158 cm³/mol. The van der Waals surface area contributed by atoms with Gasteiger partial charge in [0.05, 0.1) is 36.4 Å². The first kappa shape index (κ1) is 29.1. The van der Waals surface area contributed by atoms with Crippen LogP contribution in [0.3, 0.4) is 0 Å². The molecule has 2 unspecified atom stereocenters. The number of ether oxygens (including phenoxy) is 1. The molecule has 0 aliphatic carbocycles. The summed E-state index contributed by atoms with van der Waals surface area (Å²) >= 11 is 0. The summed E-state index contributed by atoms with van der Waals surface area (Å²) in [6.45, 7) is 9.11. The first-order chi connectivity index (χ1) is 20.3. The van der Waals surface area contributed by atoms with Gasteiger partial charge in [0.15, 0.2) is 0 Å². The first-order valence-electron chi connectivity index (χ1n) is 14.6. The summed E-state index contributed by atoms with van der Waals surface area (Å²) in [6.07, 6.45) is 3.00. The SMILES string of the molecule is C=CCN1C(=O)NC(c2ccc(C)cc2)C2=C1CN(C(Cc1ccccc1)C(=O)N1CCC(C(=O)OCC)CC1)C2=O. The number of aryl methyl sites for hydroxylation is 1. The molecule has 3 heterocycles. The molecule has 9 heteroatoms. The van der Waals surface area contributed by atoms with Gasteiger partial charge in [-0.2, -0.15) is 0 Å². The van der Waals surface area contributed by atoms with Crippen LogP contribution < -0.4 is 5.32 Å². The summed E-state index contributed by atoms with van der Waals surface area (Å²) in [5.41, 5.74) is 3.89. The van der Waals surface area contributed by atoms with Crippen LogP contribution in [0, 0.1) is 12.8 Å². The van der Waals surface area contributed by atoms with Crippen molar-refractivity contribution in [2.45, 2.75) is 45.2 Å². The third-order valence-corrected chi connectivity index (χ3v) is 8.33. The van der Waals surface area contributed by atoms with Crippen molar-refractivity contribution < 1.29 is 23.9 Å². The Kier molecular flexibility index (Phi) is 8.75. The molecule has 1 fully saturated rings. The summed E-state index contributed by atoms with van der Waals surface area (Å²) in [7, 11) is 0. The van der Waals surface area contributed by atoms with Crippen molar-refractivity contribution in [3.8, 4) is 0 Å². The minimum absolute atomic E-state index is 0.139. The van der Waals surface area contributed by atoms with Crippen LogP contribution in [0.1, 0.15) is 42.5 Å². The van der Waals surface area contributed by atoms with Crippen molar-refractivity contribution in [1.29, 1.82) is 0 Å². The number of hydrogen-bond donors (Lipinski definition) is 1. The van der Waals surface area contributed by atoms with E-state index in [4.69, 9.17) is 4.74 Å². The third kappa shape index (κ3) is 5.82. The second kappa shape index (κ2) is 12.6. The maximum Gasteiger partial charge on any atom is 0.322 e. The Morgan fingerprint density at radius 3 is 2.40 bits per heavy atom. The van der Waals surface area contributed by atoms with Gasteiger partial charge in [-0.05, 0) is 37.8 Å². The molecule has 1 N–H and O–H groups in total. The Morgan fingerprint density at radius 1 is 1.07 bits per heavy atom. The number of piperidine rings is 1. The fourth-order valence-corrected chi connectivity index (χ4v) is 6.07. The number of urea groups is 1. The number of carbonyl (C=O) groups excluding carboxylic acids is 4. The topological polar surface area (TPSA) is 99.3 Å². The molecule has 1 saturated heterocycles. The Hall–Kier alpha value is -4.40. The smallest absolute Gasteiger partial charge is 0.322 e. The summed E-state index contributed by atoms with van der Waals surface area (Å²) in [4.78, 5) is 59.0. The van der Waals surface area contributed by atoms with Crippen LogP contribution in [0.5, 0.6) is 0 Å². The Balaban J connectivity index is 1.46. The van der Waals surface area contributed by atoms with E-state index in [-0.39, 0.29) is 42.8 Å². The van der Waals surface area contributed by atoms with Gasteiger partial charge in [-0.3, -0.25) is 19.3 Å². The van der Waals surface area contributed by atoms with Gasteiger partial charge in [0.25, 0.3) is 5.91 Å². The molecular formula is C33H38N4O5. The zero-order valence-electron chi connectivity index (χ0n) is 24.3. The standard InChI is InChI=1S/C33H38N4O5/c1-4-17-36-27-21-37(31(39)28(27)29(34-33(36)41)24-13-11-22(3)12-14-24)26(20-23-9-7-6-8-10-23)30(38)35-18-15-25(16-19-35)32(40)42-5-2/h4,6-14,25-26,29H,1,5,15-21H2,2-3H3,(H,34,41). The molecule has 9 nitrogen and oxygen atoms in total. The second-order valence-corrected chi connectivity index (χ2v) is 11.0. The molecule has 0 radical (unpaired) electrons. The maximum atomic E-state index is 14.3. The molecule has 220 valence electrons. The highest BCUT2D eigenvalue weighted by molar-refractivity contribution is 6.03. The van der Waals surface area contributed by atoms with Crippen LogP contribution in [-0.2, 0) is 25.5 Å². The number of rotatable bonds is 9. The summed E-state index contributed by atoms with van der Waals surface area (Å²) < 4.78 is 5.20. The molecule has 0 aromatic heterocycles. The fraction of sp³-hybridized carbons (Fsp3) is 0.394. The van der Waals surface area contributed by atoms with Crippen LogP contribution in [0.15, 0.2) is 78.5 Å². The number of benzene rings is 2. The van der Waals surface area contributed by atoms with E-state index in [1.54, 1.807) is 27.7 Å². The van der Waals surface area contributed by atoms with Gasteiger partial charge in [-0.1, -0.05) is 66.2 Å². The molecule has 2 aromatic carbocycles. The lowest BCUT2D eigenvalue weighted by Crippen LogP contribution is -2.53. The van der Waals surface area contributed by atoms with Crippen molar-refractivity contribution in [2.24, 2.45) is 5.92 Å². The van der Waals surface area contributed by atoms with Gasteiger partial charge in [0.2, 0.25) is 5.91 Å². The predicted octanol–water partition coefficient (Wildman–Crippen LogP) is 3.76. The molecule has 3 aliphatic heterocycles. The van der Waals surface area contributed by atoms with E-state index < -0.39 is 12.1 Å². The van der Waals surface area contributed by atoms with E-state index in [0.717, 1.165) is 16.7 Å². The van der Waals surface area contributed by atoms with Crippen molar-refractivity contribution >= 4 is 23.8 Å². The zero-order chi connectivity index (χ0) is 29.8. The molecule has 0 spiro atoms. The largest absolute Gasteiger partial charge is 0.466 e. The molecule has 2 aromatic rings. The Morgan fingerprint density at radius 2 is 1.76 bits per heavy atom. The summed E-state index contributed by atoms with van der Waals surface area (Å²) in [6, 6.07) is 15.7. The average molecular weight is 571 g/mol. The number of nitrogens with zero attached hydrogens (tertiary/aromatic N) is 3. The highest BCUT2D eigenvalue weighted by atomic mass is 16.5. The summed E-state index contributed by atoms with van der Waals surface area (Å²) in [5.74, 6) is -0.876. The van der Waals surface area contributed by atoms with Crippen LogP contribution >= 0.6 is 0 Å². The summed E-state index contributed by atoms with van der Waals surface area (Å²) in [5, 5.41) is 3.01. The van der Waals surface area contributed by atoms with E-state index in [0.29, 0.717) is 50.2 Å². The lowest BCUT2D eigenvalue weighted by Gasteiger charge is -2.36. The average Bonchev–Trinajstić information content (AvgIpc) is 3.34. The second-order valence-electron chi connectivity index (χ2n) is 11.0. The van der Waals surface area contributed by atoms with Crippen LogP contribution in [0.25, 0.3) is 0 Å². The van der Waals surface area contributed by atoms with E-state index in [1.807, 2.05) is 61.5 Å². The molecule has 4 amide bonds. The molecule has 5 rings (SSSR count). The van der Waals surface area contributed by atoms with Gasteiger partial charge >= 0.3 is 12.0 Å². The van der Waals surface area contributed by atoms with Crippen LogP contribution in [0.2, 0.25) is 0 Å². The monoisotopic (exact) mass is 570 g/mol. The van der Waals surface area contributed by atoms with Crippen molar-refractivity contribution in [2.75, 3.05) is 32.8 Å². The van der Waals surface area contributed by atoms with Gasteiger partial charge in [0, 0.05) is 26.1 Å². The van der Waals surface area contributed by atoms with E-state index in [2.05, 4.69) is 11.9 Å². The minimum atomic E-state index is -0.774. The third-order valence-electron chi connectivity index (χ3n) is 8.33. The minimum Gasteiger partial charge on any atom is -0.466 e. The van der Waals surface area contributed by atoms with Crippen LogP contribution in [-0.4, -0.2) is 77.3 Å². The fourth-order valence-electron chi connectivity index (χ4n) is 6.07. The number of carbonyl (C=O) groups is 4. The Labute approximate surface area is 246 Å². The molecule has 2 atom stereocenters. The van der Waals surface area contributed by atoms with Gasteiger partial charge < -0.3 is 19.9 Å². The molecule has 0 bridgehead atoms. The molecule has 0 saturated carbocycles. The number of hydrogen-bond acceptors (Lipinski definition) is 5.